The highest BCUT2D eigenvalue weighted by Crippen LogP contribution is 2.30. The molecule has 2 nitrogen and oxygen atoms in total. The van der Waals surface area contributed by atoms with E-state index < -0.39 is 0 Å². The molecule has 2 heteroatoms. The molecule has 0 heterocycles. The second kappa shape index (κ2) is 4.47. The van der Waals surface area contributed by atoms with Crippen molar-refractivity contribution in [2.45, 2.75) is 19.3 Å². The van der Waals surface area contributed by atoms with E-state index in [-0.39, 0.29) is 0 Å². The van der Waals surface area contributed by atoms with Crippen LogP contribution in [0.3, 0.4) is 0 Å². The predicted octanol–water partition coefficient (Wildman–Crippen LogP) is 1.98. The van der Waals surface area contributed by atoms with E-state index in [0.29, 0.717) is 6.54 Å². The zero-order valence-electron chi connectivity index (χ0n) is 8.41. The Labute approximate surface area is 85.1 Å². The second-order valence-electron chi connectivity index (χ2n) is 3.90. The van der Waals surface area contributed by atoms with Gasteiger partial charge >= 0.3 is 0 Å². The molecule has 1 aliphatic rings. The van der Waals surface area contributed by atoms with Crippen molar-refractivity contribution in [1.82, 2.24) is 0 Å². The molecule has 0 aliphatic heterocycles. The molecule has 1 aromatic carbocycles. The first-order valence-electron chi connectivity index (χ1n) is 5.31. The molecule has 0 bridgehead atoms. The van der Waals surface area contributed by atoms with Crippen molar-refractivity contribution >= 4 is 0 Å². The summed E-state index contributed by atoms with van der Waals surface area (Å²) >= 11 is 0. The van der Waals surface area contributed by atoms with E-state index in [2.05, 4.69) is 6.07 Å². The van der Waals surface area contributed by atoms with E-state index in [4.69, 9.17) is 10.5 Å². The number of para-hydroxylation sites is 1. The van der Waals surface area contributed by atoms with Crippen molar-refractivity contribution < 1.29 is 4.74 Å². The molecule has 1 fully saturated rings. The fourth-order valence-corrected chi connectivity index (χ4v) is 1.50. The van der Waals surface area contributed by atoms with Gasteiger partial charge in [0.25, 0.3) is 0 Å². The van der Waals surface area contributed by atoms with Gasteiger partial charge in [0.05, 0.1) is 6.61 Å². The lowest BCUT2D eigenvalue weighted by molar-refractivity contribution is 0.297. The van der Waals surface area contributed by atoms with Crippen LogP contribution in [0.1, 0.15) is 18.4 Å². The van der Waals surface area contributed by atoms with E-state index >= 15 is 0 Å². The minimum absolute atomic E-state index is 0.684. The van der Waals surface area contributed by atoms with Crippen LogP contribution in [0, 0.1) is 5.92 Å². The topological polar surface area (TPSA) is 35.2 Å². The highest BCUT2D eigenvalue weighted by atomic mass is 16.5. The summed E-state index contributed by atoms with van der Waals surface area (Å²) in [5.74, 6) is 1.82. The van der Waals surface area contributed by atoms with Gasteiger partial charge < -0.3 is 10.5 Å². The van der Waals surface area contributed by atoms with E-state index in [0.717, 1.165) is 24.7 Å². The van der Waals surface area contributed by atoms with E-state index in [1.807, 2.05) is 18.2 Å². The van der Waals surface area contributed by atoms with Gasteiger partial charge in [-0.25, -0.2) is 0 Å². The Morgan fingerprint density at radius 1 is 1.29 bits per heavy atom. The molecule has 0 radical (unpaired) electrons. The highest BCUT2D eigenvalue weighted by Gasteiger charge is 2.22. The first kappa shape index (κ1) is 9.53. The minimum atomic E-state index is 0.684. The molecule has 0 unspecified atom stereocenters. The summed E-state index contributed by atoms with van der Waals surface area (Å²) in [6.45, 7) is 1.56. The molecule has 1 aliphatic carbocycles. The van der Waals surface area contributed by atoms with Gasteiger partial charge in [0, 0.05) is 0 Å². The van der Waals surface area contributed by atoms with Crippen LogP contribution in [0.15, 0.2) is 24.3 Å². The van der Waals surface area contributed by atoms with Gasteiger partial charge in [-0.2, -0.15) is 0 Å². The molecule has 0 aromatic heterocycles. The molecular weight excluding hydrogens is 174 g/mol. The Kier molecular flexibility index (Phi) is 3.04. The normalized spacial score (nSPS) is 15.5. The summed E-state index contributed by atoms with van der Waals surface area (Å²) in [6.07, 6.45) is 3.57. The number of ether oxygens (including phenoxy) is 1. The Morgan fingerprint density at radius 3 is 2.79 bits per heavy atom. The van der Waals surface area contributed by atoms with Gasteiger partial charge in [0.2, 0.25) is 0 Å². The highest BCUT2D eigenvalue weighted by molar-refractivity contribution is 5.33. The summed E-state index contributed by atoms with van der Waals surface area (Å²) < 4.78 is 5.76. The van der Waals surface area contributed by atoms with Crippen LogP contribution >= 0.6 is 0 Å². The zero-order chi connectivity index (χ0) is 9.80. The second-order valence-corrected chi connectivity index (χ2v) is 3.90. The monoisotopic (exact) mass is 191 g/mol. The Hall–Kier alpha value is -1.02. The van der Waals surface area contributed by atoms with Crippen LogP contribution in [0.2, 0.25) is 0 Å². The zero-order valence-corrected chi connectivity index (χ0v) is 8.41. The van der Waals surface area contributed by atoms with Crippen LogP contribution < -0.4 is 10.5 Å². The lowest BCUT2D eigenvalue weighted by Crippen LogP contribution is -2.06. The molecule has 0 amide bonds. The standard InChI is InChI=1S/C12H17NO/c13-8-7-11-3-1-2-4-12(11)14-9-10-5-6-10/h1-4,10H,5-9,13H2. The van der Waals surface area contributed by atoms with Crippen molar-refractivity contribution in [2.24, 2.45) is 11.7 Å². The van der Waals surface area contributed by atoms with Crippen molar-refractivity contribution in [1.29, 1.82) is 0 Å². The Balaban J connectivity index is 1.97. The lowest BCUT2D eigenvalue weighted by Gasteiger charge is -2.09. The summed E-state index contributed by atoms with van der Waals surface area (Å²) in [6, 6.07) is 8.18. The molecule has 1 aromatic rings. The number of hydrogen-bond donors (Lipinski definition) is 1. The van der Waals surface area contributed by atoms with Crippen molar-refractivity contribution in [3.63, 3.8) is 0 Å². The van der Waals surface area contributed by atoms with Crippen LogP contribution in [-0.2, 0) is 6.42 Å². The third-order valence-electron chi connectivity index (χ3n) is 2.56. The molecule has 0 atom stereocenters. The van der Waals surface area contributed by atoms with E-state index in [1.54, 1.807) is 0 Å². The Bertz CT molecular complexity index is 294. The smallest absolute Gasteiger partial charge is 0.122 e. The molecule has 76 valence electrons. The van der Waals surface area contributed by atoms with Gasteiger partial charge in [-0.3, -0.25) is 0 Å². The lowest BCUT2D eigenvalue weighted by atomic mass is 10.1. The quantitative estimate of drug-likeness (QED) is 0.772. The maximum absolute atomic E-state index is 5.76. The SMILES string of the molecule is NCCc1ccccc1OCC1CC1. The Morgan fingerprint density at radius 2 is 2.07 bits per heavy atom. The maximum atomic E-state index is 5.76. The molecule has 0 saturated heterocycles. The van der Waals surface area contributed by atoms with E-state index in [9.17, 15) is 0 Å². The molecule has 2 N–H and O–H groups in total. The third-order valence-corrected chi connectivity index (χ3v) is 2.56. The fraction of sp³-hybridized carbons (Fsp3) is 0.500. The van der Waals surface area contributed by atoms with Crippen molar-refractivity contribution in [3.8, 4) is 5.75 Å². The average Bonchev–Trinajstić information content (AvgIpc) is 3.01. The molecular formula is C12H17NO. The first-order valence-corrected chi connectivity index (χ1v) is 5.31. The largest absolute Gasteiger partial charge is 0.493 e. The number of rotatable bonds is 5. The van der Waals surface area contributed by atoms with Gasteiger partial charge in [0.1, 0.15) is 5.75 Å². The average molecular weight is 191 g/mol. The van der Waals surface area contributed by atoms with Gasteiger partial charge in [-0.05, 0) is 43.4 Å². The minimum Gasteiger partial charge on any atom is -0.493 e. The summed E-state index contributed by atoms with van der Waals surface area (Å²) in [5.41, 5.74) is 6.77. The molecule has 0 spiro atoms. The number of nitrogens with two attached hydrogens (primary N) is 1. The molecule has 1 saturated carbocycles. The van der Waals surface area contributed by atoms with Crippen molar-refractivity contribution in [2.75, 3.05) is 13.2 Å². The van der Waals surface area contributed by atoms with Crippen LogP contribution in [-0.4, -0.2) is 13.2 Å². The summed E-state index contributed by atoms with van der Waals surface area (Å²) in [7, 11) is 0. The van der Waals surface area contributed by atoms with Crippen LogP contribution in [0.25, 0.3) is 0 Å². The number of benzene rings is 1. The molecule has 2 rings (SSSR count). The van der Waals surface area contributed by atoms with Gasteiger partial charge in [-0.15, -0.1) is 0 Å². The molecule has 14 heavy (non-hydrogen) atoms. The first-order chi connectivity index (χ1) is 6.90. The van der Waals surface area contributed by atoms with Crippen molar-refractivity contribution in [3.05, 3.63) is 29.8 Å². The van der Waals surface area contributed by atoms with Gasteiger partial charge in [0.15, 0.2) is 0 Å². The number of hydrogen-bond acceptors (Lipinski definition) is 2. The third kappa shape index (κ3) is 2.48. The predicted molar refractivity (Wildman–Crippen MR) is 57.4 cm³/mol. The van der Waals surface area contributed by atoms with Crippen LogP contribution in [0.4, 0.5) is 0 Å². The van der Waals surface area contributed by atoms with Gasteiger partial charge in [-0.1, -0.05) is 18.2 Å². The van der Waals surface area contributed by atoms with Crippen LogP contribution in [0.5, 0.6) is 5.75 Å². The maximum Gasteiger partial charge on any atom is 0.122 e. The summed E-state index contributed by atoms with van der Waals surface area (Å²) in [5, 5.41) is 0. The fourth-order valence-electron chi connectivity index (χ4n) is 1.50. The van der Waals surface area contributed by atoms with E-state index in [1.165, 1.54) is 18.4 Å². The summed E-state index contributed by atoms with van der Waals surface area (Å²) in [4.78, 5) is 0.